The highest BCUT2D eigenvalue weighted by Gasteiger charge is 2.37. The lowest BCUT2D eigenvalue weighted by atomic mass is 10.0. The van der Waals surface area contributed by atoms with E-state index in [9.17, 15) is 82.8 Å². The number of phenolic OH excluding ortho intramolecular Hbond substituents is 1. The molecule has 0 unspecified atom stereocenters. The van der Waals surface area contributed by atoms with Gasteiger partial charge in [0.25, 0.3) is 0 Å². The highest BCUT2D eigenvalue weighted by atomic mass is 16.4. The summed E-state index contributed by atoms with van der Waals surface area (Å²) in [5.74, 6) is -14.4. The Labute approximate surface area is 549 Å². The third-order valence-electron chi connectivity index (χ3n) is 15.1. The third kappa shape index (κ3) is 30.8. The smallest absolute Gasteiger partial charge is 0.326 e. The fourth-order valence-corrected chi connectivity index (χ4v) is 9.98. The monoisotopic (exact) mass is 1340 g/mol. The number of guanidine groups is 1. The second kappa shape index (κ2) is 43.4. The van der Waals surface area contributed by atoms with Crippen LogP contribution in [0.4, 0.5) is 0 Å². The van der Waals surface area contributed by atoms with Crippen LogP contribution in [0.25, 0.3) is 0 Å². The van der Waals surface area contributed by atoms with Crippen LogP contribution < -0.4 is 87.6 Å². The summed E-state index contributed by atoms with van der Waals surface area (Å²) in [5.41, 5.74) is 34.9. The maximum atomic E-state index is 14.4. The van der Waals surface area contributed by atoms with Gasteiger partial charge in [0.1, 0.15) is 66.2 Å². The molecule has 1 saturated heterocycles. The maximum Gasteiger partial charge on any atom is 0.326 e. The Balaban J connectivity index is 1.95. The molecule has 1 aliphatic rings. The molecule has 0 bridgehead atoms. The van der Waals surface area contributed by atoms with Gasteiger partial charge in [-0.2, -0.15) is 0 Å². The van der Waals surface area contributed by atoms with Crippen molar-refractivity contribution in [2.24, 2.45) is 39.4 Å². The second-order valence-corrected chi connectivity index (χ2v) is 22.9. The van der Waals surface area contributed by atoms with Crippen LogP contribution in [-0.2, 0) is 75.2 Å². The van der Waals surface area contributed by atoms with Crippen molar-refractivity contribution in [3.63, 3.8) is 0 Å². The number of benzene rings is 2. The first-order valence-corrected chi connectivity index (χ1v) is 31.7. The predicted octanol–water partition coefficient (Wildman–Crippen LogP) is -4.58. The van der Waals surface area contributed by atoms with Gasteiger partial charge >= 0.3 is 17.9 Å². The molecule has 26 N–H and O–H groups in total. The van der Waals surface area contributed by atoms with E-state index in [0.717, 1.165) is 0 Å². The molecular formula is C61H95N17O17. The first-order chi connectivity index (χ1) is 45.3. The summed E-state index contributed by atoms with van der Waals surface area (Å²) in [7, 11) is 0. The molecule has 10 atom stereocenters. The standard InChI is InChI=1S/C61H95N17O17/c62-26-8-4-15-38(72-56(90)43-24-25-48(80)69-43)51(85)70-40(17-6-10-28-64)53(87)76-45(33-49(81)82)58(92)73-39(16-5-9-27-63)52(86)71-41(18-7-11-29-65)54(88)77-46(34-50(83)84)59(93)74-42(19-12-30-68-61(66)67)55(89)75-44(31-35-13-2-1-3-14-35)57(91)78-47(60(94)95)32-36-20-22-37(79)23-21-36/h1-3,13-14,20-23,38-47,79H,4-12,15-19,24-34,62-65H2,(H,69,80)(H,70,85)(H,71,86)(H,72,90)(H,73,92)(H,74,93)(H,75,89)(H,76,87)(H,77,88)(H,78,91)(H,81,82)(H,83,84)(H,94,95)(H4,66,67,68)/t38-,39-,40-,41-,42-,43-,44-,45-,46-,47-/m0/s1. The van der Waals surface area contributed by atoms with Gasteiger partial charge < -0.3 is 108 Å². The quantitative estimate of drug-likeness (QED) is 0.0168. The second-order valence-electron chi connectivity index (χ2n) is 22.9. The van der Waals surface area contributed by atoms with Crippen molar-refractivity contribution < 1.29 is 82.8 Å². The first-order valence-electron chi connectivity index (χ1n) is 31.7. The fraction of sp³-hybridized carbons (Fsp3) is 0.574. The largest absolute Gasteiger partial charge is 0.508 e. The number of nitrogens with one attached hydrogen (secondary N) is 10. The number of hydrogen-bond acceptors (Lipinski definition) is 19. The number of aromatic hydroxyl groups is 1. The number of carbonyl (C=O) groups is 13. The number of carboxylic acid groups (broad SMARTS) is 3. The Morgan fingerprint density at radius 1 is 0.442 bits per heavy atom. The van der Waals surface area contributed by atoms with Gasteiger partial charge in [-0.15, -0.1) is 0 Å². The minimum absolute atomic E-state index is 0.00538. The summed E-state index contributed by atoms with van der Waals surface area (Å²) in [6, 6.07) is -1.39. The van der Waals surface area contributed by atoms with Crippen LogP contribution in [0, 0.1) is 0 Å². The van der Waals surface area contributed by atoms with Crippen molar-refractivity contribution in [3.05, 3.63) is 65.7 Å². The van der Waals surface area contributed by atoms with Gasteiger partial charge in [0.05, 0.1) is 12.8 Å². The summed E-state index contributed by atoms with van der Waals surface area (Å²) in [5, 5.41) is 64.9. The normalized spacial score (nSPS) is 15.4. The van der Waals surface area contributed by atoms with Gasteiger partial charge in [0.2, 0.25) is 59.1 Å². The van der Waals surface area contributed by atoms with Crippen molar-refractivity contribution in [1.29, 1.82) is 0 Å². The molecule has 0 saturated carbocycles. The van der Waals surface area contributed by atoms with E-state index in [1.165, 1.54) is 24.3 Å². The van der Waals surface area contributed by atoms with Gasteiger partial charge in [0.15, 0.2) is 5.96 Å². The number of nitrogens with two attached hydrogens (primary N) is 6. The molecule has 1 aliphatic heterocycles. The van der Waals surface area contributed by atoms with Gasteiger partial charge in [-0.05, 0) is 146 Å². The topological polar surface area (TPSA) is 592 Å². The number of amides is 10. The molecule has 3 rings (SSSR count). The Bertz CT molecular complexity index is 2900. The van der Waals surface area contributed by atoms with Crippen LogP contribution in [0.15, 0.2) is 59.6 Å². The molecule has 34 nitrogen and oxygen atoms in total. The molecular weight excluding hydrogens is 1240 g/mol. The number of unbranched alkanes of at least 4 members (excludes halogenated alkanes) is 4. The van der Waals surface area contributed by atoms with E-state index < -0.39 is 144 Å². The van der Waals surface area contributed by atoms with Gasteiger partial charge in [0, 0.05) is 25.8 Å². The summed E-state index contributed by atoms with van der Waals surface area (Å²) in [6.07, 6.45) is -0.520. The maximum absolute atomic E-state index is 14.4. The van der Waals surface area contributed by atoms with Crippen LogP contribution in [0.3, 0.4) is 0 Å². The minimum atomic E-state index is -1.98. The summed E-state index contributed by atoms with van der Waals surface area (Å²) >= 11 is 0. The molecule has 0 radical (unpaired) electrons. The molecule has 1 fully saturated rings. The zero-order chi connectivity index (χ0) is 70.4. The third-order valence-corrected chi connectivity index (χ3v) is 15.1. The van der Waals surface area contributed by atoms with E-state index in [-0.39, 0.29) is 134 Å². The van der Waals surface area contributed by atoms with Crippen LogP contribution in [0.5, 0.6) is 5.75 Å². The lowest BCUT2D eigenvalue weighted by Crippen LogP contribution is -2.61. The number of hydrogen-bond donors (Lipinski definition) is 20. The van der Waals surface area contributed by atoms with E-state index in [4.69, 9.17) is 34.4 Å². The summed E-state index contributed by atoms with van der Waals surface area (Å²) < 4.78 is 0. The molecule has 0 spiro atoms. The zero-order valence-corrected chi connectivity index (χ0v) is 53.2. The number of aliphatic carboxylic acids is 3. The first kappa shape index (κ1) is 79.7. The van der Waals surface area contributed by atoms with E-state index in [1.54, 1.807) is 30.3 Å². The summed E-state index contributed by atoms with van der Waals surface area (Å²) in [4.78, 5) is 180. The van der Waals surface area contributed by atoms with Crippen LogP contribution >= 0.6 is 0 Å². The number of nitrogens with zero attached hydrogens (tertiary/aromatic N) is 1. The van der Waals surface area contributed by atoms with E-state index in [2.05, 4.69) is 58.2 Å². The molecule has 1 heterocycles. The highest BCUT2D eigenvalue weighted by Crippen LogP contribution is 2.15. The predicted molar refractivity (Wildman–Crippen MR) is 344 cm³/mol. The number of carboxylic acids is 3. The van der Waals surface area contributed by atoms with Gasteiger partial charge in [-0.1, -0.05) is 42.5 Å². The highest BCUT2D eigenvalue weighted by molar-refractivity contribution is 6.00. The minimum Gasteiger partial charge on any atom is -0.508 e. The zero-order valence-electron chi connectivity index (χ0n) is 53.2. The van der Waals surface area contributed by atoms with Gasteiger partial charge in [-0.25, -0.2) is 4.79 Å². The Hall–Kier alpha value is -9.54. The van der Waals surface area contributed by atoms with Crippen molar-refractivity contribution in [2.45, 2.75) is 189 Å². The Morgan fingerprint density at radius 2 is 0.779 bits per heavy atom. The molecule has 2 aromatic rings. The van der Waals surface area contributed by atoms with Gasteiger partial charge in [-0.3, -0.25) is 62.5 Å². The van der Waals surface area contributed by atoms with Crippen LogP contribution in [0.2, 0.25) is 0 Å². The van der Waals surface area contributed by atoms with E-state index in [0.29, 0.717) is 43.2 Å². The average molecular weight is 1340 g/mol. The average Bonchev–Trinajstić information content (AvgIpc) is 1.83. The number of rotatable bonds is 47. The van der Waals surface area contributed by atoms with Crippen molar-refractivity contribution in [2.75, 3.05) is 32.7 Å². The molecule has 95 heavy (non-hydrogen) atoms. The van der Waals surface area contributed by atoms with Crippen LogP contribution in [0.1, 0.15) is 127 Å². The summed E-state index contributed by atoms with van der Waals surface area (Å²) in [6.45, 7) is 0.615. The van der Waals surface area contributed by atoms with Crippen molar-refractivity contribution in [3.8, 4) is 5.75 Å². The van der Waals surface area contributed by atoms with E-state index in [1.807, 2.05) is 0 Å². The van der Waals surface area contributed by atoms with Crippen molar-refractivity contribution >= 4 is 82.9 Å². The number of aliphatic imine (C=N–C) groups is 1. The Kier molecular flexibility index (Phi) is 36.4. The molecule has 0 aromatic heterocycles. The molecule has 526 valence electrons. The number of phenols is 1. The SMILES string of the molecule is NCCCC[C@H](NC(=O)[C@@H]1CCC(=O)N1)C(=O)N[C@@H](CCCCN)C(=O)N[C@@H](CC(=O)O)C(=O)N[C@@H](CCCCN)C(=O)N[C@@H](CCCCN)C(=O)N[C@@H](CC(=O)O)C(=O)N[C@@H](CCCN=C(N)N)C(=O)N[C@@H](Cc1ccccc1)C(=O)N[C@@H](Cc1ccc(O)cc1)C(=O)O. The lowest BCUT2D eigenvalue weighted by Gasteiger charge is -2.28. The molecule has 2 aromatic carbocycles. The van der Waals surface area contributed by atoms with Crippen molar-refractivity contribution in [1.82, 2.24) is 53.2 Å². The van der Waals surface area contributed by atoms with E-state index >= 15 is 0 Å². The molecule has 10 amide bonds. The molecule has 0 aliphatic carbocycles. The number of carbonyl (C=O) groups excluding carboxylic acids is 10. The fourth-order valence-electron chi connectivity index (χ4n) is 9.98. The molecule has 34 heteroatoms. The van der Waals surface area contributed by atoms with Crippen LogP contribution in [-0.4, -0.2) is 197 Å². The Morgan fingerprint density at radius 3 is 1.15 bits per heavy atom. The lowest BCUT2D eigenvalue weighted by molar-refractivity contribution is -0.142.